The Morgan fingerprint density at radius 2 is 2.17 bits per heavy atom. The van der Waals surface area contributed by atoms with Gasteiger partial charge in [0.25, 0.3) is 0 Å². The van der Waals surface area contributed by atoms with E-state index in [1.807, 2.05) is 12.1 Å². The Kier molecular flexibility index (Phi) is 4.84. The van der Waals surface area contributed by atoms with E-state index in [4.69, 9.17) is 28.3 Å². The smallest absolute Gasteiger partial charge is 0.325 e. The minimum Gasteiger partial charge on any atom is -0.480 e. The fourth-order valence-electron chi connectivity index (χ4n) is 2.75. The molecule has 0 bridgehead atoms. The van der Waals surface area contributed by atoms with Gasteiger partial charge in [-0.15, -0.1) is 5.10 Å². The molecule has 0 unspecified atom stereocenters. The van der Waals surface area contributed by atoms with Crippen LogP contribution in [0.3, 0.4) is 0 Å². The molecule has 0 saturated carbocycles. The van der Waals surface area contributed by atoms with Crippen LogP contribution in [0.5, 0.6) is 0 Å². The Labute approximate surface area is 143 Å². The first kappa shape index (κ1) is 16.2. The first-order valence-electron chi connectivity index (χ1n) is 7.32. The van der Waals surface area contributed by atoms with Gasteiger partial charge >= 0.3 is 5.97 Å². The Balaban J connectivity index is 1.60. The van der Waals surface area contributed by atoms with Crippen LogP contribution in [-0.2, 0) is 30.7 Å². The average Bonchev–Trinajstić information content (AvgIpc) is 2.96. The van der Waals surface area contributed by atoms with E-state index in [1.165, 1.54) is 10.2 Å². The predicted molar refractivity (Wildman–Crippen MR) is 86.8 cm³/mol. The quantitative estimate of drug-likeness (QED) is 0.891. The molecule has 23 heavy (non-hydrogen) atoms. The Morgan fingerprint density at radius 1 is 1.35 bits per heavy atom. The van der Waals surface area contributed by atoms with E-state index in [2.05, 4.69) is 15.2 Å². The summed E-state index contributed by atoms with van der Waals surface area (Å²) in [5.74, 6) is -0.930. The van der Waals surface area contributed by atoms with Crippen molar-refractivity contribution in [1.82, 2.24) is 19.9 Å². The lowest BCUT2D eigenvalue weighted by atomic mass is 9.99. The molecule has 0 radical (unpaired) electrons. The highest BCUT2D eigenvalue weighted by Crippen LogP contribution is 2.32. The third kappa shape index (κ3) is 3.83. The molecule has 1 aliphatic heterocycles. The molecular formula is C15H16Cl2N4O2. The number of halogens is 2. The molecule has 3 rings (SSSR count). The molecule has 1 aliphatic rings. The summed E-state index contributed by atoms with van der Waals surface area (Å²) in [7, 11) is 0. The Morgan fingerprint density at radius 3 is 2.96 bits per heavy atom. The molecule has 0 fully saturated rings. The average molecular weight is 355 g/mol. The molecule has 0 aliphatic carbocycles. The van der Waals surface area contributed by atoms with E-state index in [9.17, 15) is 4.79 Å². The molecule has 1 N–H and O–H groups in total. The predicted octanol–water partition coefficient (Wildman–Crippen LogP) is 2.27. The molecule has 1 aromatic heterocycles. The maximum absolute atomic E-state index is 10.6. The van der Waals surface area contributed by atoms with Crippen LogP contribution in [0.4, 0.5) is 0 Å². The number of carbonyl (C=O) groups is 1. The topological polar surface area (TPSA) is 71.2 Å². The summed E-state index contributed by atoms with van der Waals surface area (Å²) < 4.78 is 1.33. The van der Waals surface area contributed by atoms with Gasteiger partial charge in [-0.3, -0.25) is 9.69 Å². The van der Waals surface area contributed by atoms with Crippen LogP contribution in [0.2, 0.25) is 10.0 Å². The fraction of sp³-hybridized carbons (Fsp3) is 0.400. The van der Waals surface area contributed by atoms with Crippen LogP contribution in [0.25, 0.3) is 0 Å². The highest BCUT2D eigenvalue weighted by molar-refractivity contribution is 6.42. The number of benzene rings is 1. The lowest BCUT2D eigenvalue weighted by Crippen LogP contribution is -2.32. The molecule has 0 spiro atoms. The van der Waals surface area contributed by atoms with Crippen molar-refractivity contribution in [1.29, 1.82) is 0 Å². The van der Waals surface area contributed by atoms with E-state index in [-0.39, 0.29) is 6.54 Å². The van der Waals surface area contributed by atoms with Gasteiger partial charge in [-0.25, -0.2) is 4.68 Å². The number of carboxylic acid groups (broad SMARTS) is 1. The summed E-state index contributed by atoms with van der Waals surface area (Å²) in [6.45, 7) is 2.36. The molecular weight excluding hydrogens is 339 g/mol. The second-order valence-electron chi connectivity index (χ2n) is 5.58. The van der Waals surface area contributed by atoms with Gasteiger partial charge in [-0.1, -0.05) is 34.5 Å². The van der Waals surface area contributed by atoms with Crippen molar-refractivity contribution >= 4 is 29.2 Å². The monoisotopic (exact) mass is 354 g/mol. The van der Waals surface area contributed by atoms with Crippen LogP contribution in [0.1, 0.15) is 16.8 Å². The van der Waals surface area contributed by atoms with E-state index < -0.39 is 5.97 Å². The standard InChI is InChI=1S/C15H16Cl2N4O2/c16-13-2-1-10-3-5-20(8-12(10)15(13)17)6-4-11-7-21(19-18-11)9-14(22)23/h1-2,7H,3-6,8-9H2,(H,22,23). The van der Waals surface area contributed by atoms with Crippen LogP contribution < -0.4 is 0 Å². The molecule has 2 aromatic rings. The maximum atomic E-state index is 10.6. The van der Waals surface area contributed by atoms with E-state index >= 15 is 0 Å². The normalized spacial score (nSPS) is 14.7. The molecule has 2 heterocycles. The van der Waals surface area contributed by atoms with Crippen molar-refractivity contribution in [2.24, 2.45) is 0 Å². The van der Waals surface area contributed by atoms with Gasteiger partial charge in [0.15, 0.2) is 0 Å². The van der Waals surface area contributed by atoms with Crippen LogP contribution in [-0.4, -0.2) is 44.1 Å². The zero-order valence-electron chi connectivity index (χ0n) is 12.4. The van der Waals surface area contributed by atoms with Gasteiger partial charge in [-0.2, -0.15) is 0 Å². The van der Waals surface area contributed by atoms with Crippen molar-refractivity contribution in [2.45, 2.75) is 25.9 Å². The molecule has 8 heteroatoms. The summed E-state index contributed by atoms with van der Waals surface area (Å²) in [5, 5.41) is 17.8. The van der Waals surface area contributed by atoms with Crippen molar-refractivity contribution in [3.63, 3.8) is 0 Å². The highest BCUT2D eigenvalue weighted by atomic mass is 35.5. The van der Waals surface area contributed by atoms with Crippen molar-refractivity contribution in [2.75, 3.05) is 13.1 Å². The molecule has 0 amide bonds. The van der Waals surface area contributed by atoms with Crippen molar-refractivity contribution < 1.29 is 9.90 Å². The summed E-state index contributed by atoms with van der Waals surface area (Å²) >= 11 is 12.4. The highest BCUT2D eigenvalue weighted by Gasteiger charge is 2.20. The third-order valence-electron chi connectivity index (χ3n) is 3.94. The summed E-state index contributed by atoms with van der Waals surface area (Å²) in [6, 6.07) is 3.89. The second-order valence-corrected chi connectivity index (χ2v) is 6.36. The number of rotatable bonds is 5. The molecule has 6 nitrogen and oxygen atoms in total. The first-order chi connectivity index (χ1) is 11.0. The Bertz CT molecular complexity index is 732. The summed E-state index contributed by atoms with van der Waals surface area (Å²) in [4.78, 5) is 12.9. The van der Waals surface area contributed by atoms with E-state index in [0.717, 1.165) is 37.3 Å². The van der Waals surface area contributed by atoms with Gasteiger partial charge in [0, 0.05) is 32.3 Å². The lowest BCUT2D eigenvalue weighted by molar-refractivity contribution is -0.137. The minimum atomic E-state index is -0.930. The molecule has 1 aromatic carbocycles. The van der Waals surface area contributed by atoms with Gasteiger partial charge in [0.1, 0.15) is 6.54 Å². The van der Waals surface area contributed by atoms with Crippen molar-refractivity contribution in [3.8, 4) is 0 Å². The number of aromatic nitrogens is 3. The van der Waals surface area contributed by atoms with Crippen LogP contribution in [0, 0.1) is 0 Å². The van der Waals surface area contributed by atoms with Crippen LogP contribution in [0.15, 0.2) is 18.3 Å². The zero-order chi connectivity index (χ0) is 16.4. The third-order valence-corrected chi connectivity index (χ3v) is 4.78. The number of hydrogen-bond donors (Lipinski definition) is 1. The number of hydrogen-bond acceptors (Lipinski definition) is 4. The number of fused-ring (bicyclic) bond motifs is 1. The number of nitrogens with zero attached hydrogens (tertiary/aromatic N) is 4. The second kappa shape index (κ2) is 6.86. The summed E-state index contributed by atoms with van der Waals surface area (Å²) in [5.41, 5.74) is 3.14. The summed E-state index contributed by atoms with van der Waals surface area (Å²) in [6.07, 6.45) is 3.33. The van der Waals surface area contributed by atoms with Gasteiger partial charge in [-0.05, 0) is 23.6 Å². The number of aliphatic carboxylic acids is 1. The van der Waals surface area contributed by atoms with E-state index in [1.54, 1.807) is 6.20 Å². The van der Waals surface area contributed by atoms with Crippen molar-refractivity contribution in [3.05, 3.63) is 45.2 Å². The molecule has 0 atom stereocenters. The number of carboxylic acids is 1. The minimum absolute atomic E-state index is 0.168. The van der Waals surface area contributed by atoms with Gasteiger partial charge in [0.05, 0.1) is 15.7 Å². The maximum Gasteiger partial charge on any atom is 0.325 e. The largest absolute Gasteiger partial charge is 0.480 e. The first-order valence-corrected chi connectivity index (χ1v) is 8.07. The van der Waals surface area contributed by atoms with E-state index in [0.29, 0.717) is 16.5 Å². The van der Waals surface area contributed by atoms with Gasteiger partial charge < -0.3 is 5.11 Å². The zero-order valence-corrected chi connectivity index (χ0v) is 13.9. The SMILES string of the molecule is O=C(O)Cn1cc(CCN2CCc3ccc(Cl)c(Cl)c3C2)nn1. The van der Waals surface area contributed by atoms with Crippen LogP contribution >= 0.6 is 23.2 Å². The fourth-order valence-corrected chi connectivity index (χ4v) is 3.17. The molecule has 0 saturated heterocycles. The van der Waals surface area contributed by atoms with Gasteiger partial charge in [0.2, 0.25) is 0 Å². The Hall–Kier alpha value is -1.63. The molecule has 122 valence electrons. The lowest BCUT2D eigenvalue weighted by Gasteiger charge is -2.29.